The molecular formula is C28H28F4N8. The maximum absolute atomic E-state index is 15.0. The van der Waals surface area contributed by atoms with Crippen LogP contribution in [0.15, 0.2) is 36.7 Å². The van der Waals surface area contributed by atoms with Gasteiger partial charge in [0.25, 0.3) is 6.43 Å². The molecule has 0 bridgehead atoms. The van der Waals surface area contributed by atoms with Crippen molar-refractivity contribution in [2.75, 3.05) is 38.0 Å². The molecule has 3 aliphatic heterocycles. The summed E-state index contributed by atoms with van der Waals surface area (Å²) in [6.45, 7) is 8.71. The molecule has 0 radical (unpaired) electrons. The van der Waals surface area contributed by atoms with Crippen LogP contribution < -0.4 is 5.32 Å². The van der Waals surface area contributed by atoms with Crippen molar-refractivity contribution < 1.29 is 17.6 Å². The molecule has 1 N–H and O–H groups in total. The van der Waals surface area contributed by atoms with Crippen LogP contribution in [0.2, 0.25) is 0 Å². The maximum atomic E-state index is 15.0. The highest BCUT2D eigenvalue weighted by atomic mass is 19.3. The molecule has 12 heteroatoms. The third-order valence-electron chi connectivity index (χ3n) is 8.28. The molecule has 4 aromatic rings. The van der Waals surface area contributed by atoms with E-state index in [-0.39, 0.29) is 34.7 Å². The van der Waals surface area contributed by atoms with Crippen LogP contribution in [-0.4, -0.2) is 73.5 Å². The molecule has 3 aliphatic rings. The molecule has 8 nitrogen and oxygen atoms in total. The van der Waals surface area contributed by atoms with Gasteiger partial charge in [-0.15, -0.1) is 0 Å². The Morgan fingerprint density at radius 1 is 1.00 bits per heavy atom. The van der Waals surface area contributed by atoms with E-state index in [2.05, 4.69) is 42.0 Å². The topological polar surface area (TPSA) is 75.0 Å². The van der Waals surface area contributed by atoms with Gasteiger partial charge in [0.2, 0.25) is 5.95 Å². The Kier molecular flexibility index (Phi) is 6.00. The number of imidazole rings is 1. The lowest BCUT2D eigenvalue weighted by atomic mass is 9.73. The van der Waals surface area contributed by atoms with Gasteiger partial charge in [0.05, 0.1) is 17.8 Å². The van der Waals surface area contributed by atoms with Gasteiger partial charge in [0, 0.05) is 56.3 Å². The fourth-order valence-corrected chi connectivity index (χ4v) is 6.46. The lowest BCUT2D eigenvalue weighted by Gasteiger charge is -2.60. The average Bonchev–Trinajstić information content (AvgIpc) is 3.47. The minimum atomic E-state index is -2.62. The molecule has 2 saturated heterocycles. The summed E-state index contributed by atoms with van der Waals surface area (Å²) in [6, 6.07) is 5.27. The van der Waals surface area contributed by atoms with Gasteiger partial charge in [-0.1, -0.05) is 13.0 Å². The van der Waals surface area contributed by atoms with Crippen LogP contribution in [0, 0.1) is 17.0 Å². The lowest BCUT2D eigenvalue weighted by molar-refractivity contribution is -0.116. The number of fused-ring (bicyclic) bond motifs is 3. The molecule has 3 aromatic heterocycles. The Balaban J connectivity index is 1.08. The van der Waals surface area contributed by atoms with Crippen molar-refractivity contribution in [2.24, 2.45) is 5.41 Å². The summed E-state index contributed by atoms with van der Waals surface area (Å²) >= 11 is 0. The van der Waals surface area contributed by atoms with Crippen molar-refractivity contribution in [3.05, 3.63) is 59.7 Å². The van der Waals surface area contributed by atoms with E-state index in [9.17, 15) is 17.6 Å². The molecule has 0 saturated carbocycles. The summed E-state index contributed by atoms with van der Waals surface area (Å²) in [7, 11) is 0. The molecule has 1 spiro atoms. The second-order valence-corrected chi connectivity index (χ2v) is 11.2. The predicted molar refractivity (Wildman–Crippen MR) is 141 cm³/mol. The zero-order chi connectivity index (χ0) is 27.6. The number of halogens is 4. The summed E-state index contributed by atoms with van der Waals surface area (Å²) in [6.07, 6.45) is 0.716. The Hall–Kier alpha value is -3.64. The number of pyridine rings is 1. The van der Waals surface area contributed by atoms with Crippen molar-refractivity contribution in [1.29, 1.82) is 0 Å². The van der Waals surface area contributed by atoms with Crippen LogP contribution in [0.3, 0.4) is 0 Å². The first-order valence-corrected chi connectivity index (χ1v) is 13.5. The zero-order valence-corrected chi connectivity index (χ0v) is 21.9. The first-order chi connectivity index (χ1) is 19.3. The highest BCUT2D eigenvalue weighted by Gasteiger charge is 2.50. The number of aryl methyl sites for hydroxylation is 1. The SMILES string of the molecule is CCN1CC2(C1)CN(Cc1ccc(Nc3ncc(F)c(-c4cc(F)c5nc6n(c5c4)C(C(F)F)CC6)n3)nc1)C2. The number of likely N-dealkylation sites (tertiary alicyclic amines) is 2. The van der Waals surface area contributed by atoms with E-state index in [4.69, 9.17) is 0 Å². The smallest absolute Gasteiger partial charge is 0.259 e. The van der Waals surface area contributed by atoms with Crippen LogP contribution in [0.25, 0.3) is 22.3 Å². The summed E-state index contributed by atoms with van der Waals surface area (Å²) in [5, 5.41) is 2.97. The van der Waals surface area contributed by atoms with Crippen LogP contribution in [0.5, 0.6) is 0 Å². The van der Waals surface area contributed by atoms with Gasteiger partial charge in [-0.2, -0.15) is 0 Å². The molecule has 2 fully saturated rings. The minimum absolute atomic E-state index is 0.00906. The minimum Gasteiger partial charge on any atom is -0.319 e. The summed E-state index contributed by atoms with van der Waals surface area (Å²) < 4.78 is 58.4. The van der Waals surface area contributed by atoms with Crippen LogP contribution >= 0.6 is 0 Å². The number of hydrogen-bond acceptors (Lipinski definition) is 7. The molecule has 0 amide bonds. The van der Waals surface area contributed by atoms with Gasteiger partial charge in [-0.05, 0) is 36.7 Å². The fourth-order valence-electron chi connectivity index (χ4n) is 6.46. The number of benzene rings is 1. The molecule has 0 aliphatic carbocycles. The Bertz CT molecular complexity index is 1570. The molecule has 1 aromatic carbocycles. The van der Waals surface area contributed by atoms with Crippen molar-refractivity contribution in [3.63, 3.8) is 0 Å². The van der Waals surface area contributed by atoms with Gasteiger partial charge < -0.3 is 14.8 Å². The third kappa shape index (κ3) is 4.29. The zero-order valence-electron chi connectivity index (χ0n) is 21.9. The van der Waals surface area contributed by atoms with Gasteiger partial charge in [0.1, 0.15) is 22.9 Å². The van der Waals surface area contributed by atoms with Gasteiger partial charge in [-0.3, -0.25) is 4.90 Å². The Labute approximate surface area is 228 Å². The molecule has 208 valence electrons. The van der Waals surface area contributed by atoms with Crippen molar-refractivity contribution in [1.82, 2.24) is 34.3 Å². The molecular weight excluding hydrogens is 524 g/mol. The molecule has 6 heterocycles. The highest BCUT2D eigenvalue weighted by Crippen LogP contribution is 2.40. The second kappa shape index (κ2) is 9.48. The molecule has 7 rings (SSSR count). The standard InChI is InChI=1S/C28H28F4N8/c1-2-38-12-28(13-38)14-39(15-28)11-16-3-5-22(33-9-16)35-27-34-10-19(30)24(37-27)17-7-18(29)25-21(8-17)40-20(26(31)32)4-6-23(40)36-25/h3,5,7-10,20,26H,2,4,6,11-15H2,1H3,(H,33,34,35,37). The molecule has 1 unspecified atom stereocenters. The van der Waals surface area contributed by atoms with Gasteiger partial charge in [0.15, 0.2) is 11.6 Å². The summed E-state index contributed by atoms with van der Waals surface area (Å²) in [5.41, 5.74) is 1.71. The van der Waals surface area contributed by atoms with Crippen molar-refractivity contribution in [3.8, 4) is 11.3 Å². The van der Waals surface area contributed by atoms with E-state index in [1.807, 2.05) is 12.1 Å². The summed E-state index contributed by atoms with van der Waals surface area (Å²) in [4.78, 5) is 21.8. The monoisotopic (exact) mass is 552 g/mol. The first-order valence-electron chi connectivity index (χ1n) is 13.5. The Morgan fingerprint density at radius 3 is 2.52 bits per heavy atom. The van der Waals surface area contributed by atoms with E-state index < -0.39 is 24.1 Å². The number of rotatable bonds is 7. The lowest BCUT2D eigenvalue weighted by Crippen LogP contribution is -2.71. The number of nitrogens with zero attached hydrogens (tertiary/aromatic N) is 7. The number of nitrogens with one attached hydrogen (secondary N) is 1. The van der Waals surface area contributed by atoms with E-state index >= 15 is 0 Å². The van der Waals surface area contributed by atoms with Crippen molar-refractivity contribution in [2.45, 2.75) is 38.8 Å². The normalized spacial score (nSPS) is 20.2. The number of aromatic nitrogens is 5. The average molecular weight is 553 g/mol. The van der Waals surface area contributed by atoms with E-state index in [0.29, 0.717) is 23.5 Å². The molecule has 1 atom stereocenters. The van der Waals surface area contributed by atoms with Crippen LogP contribution in [0.4, 0.5) is 29.3 Å². The van der Waals surface area contributed by atoms with E-state index in [1.54, 1.807) is 6.20 Å². The maximum Gasteiger partial charge on any atom is 0.259 e. The van der Waals surface area contributed by atoms with E-state index in [1.165, 1.54) is 23.7 Å². The number of anilines is 2. The Morgan fingerprint density at radius 2 is 1.80 bits per heavy atom. The predicted octanol–water partition coefficient (Wildman–Crippen LogP) is 4.80. The third-order valence-corrected chi connectivity index (χ3v) is 8.28. The first kappa shape index (κ1) is 25.3. The highest BCUT2D eigenvalue weighted by molar-refractivity contribution is 5.83. The van der Waals surface area contributed by atoms with Crippen LogP contribution in [0.1, 0.15) is 30.8 Å². The number of alkyl halides is 2. The summed E-state index contributed by atoms with van der Waals surface area (Å²) in [5.74, 6) is -0.526. The van der Waals surface area contributed by atoms with Gasteiger partial charge >= 0.3 is 0 Å². The van der Waals surface area contributed by atoms with Crippen molar-refractivity contribution >= 4 is 22.8 Å². The van der Waals surface area contributed by atoms with E-state index in [0.717, 1.165) is 44.0 Å². The number of hydrogen-bond donors (Lipinski definition) is 1. The largest absolute Gasteiger partial charge is 0.319 e. The van der Waals surface area contributed by atoms with Gasteiger partial charge in [-0.25, -0.2) is 37.5 Å². The quantitative estimate of drug-likeness (QED) is 0.330. The fraction of sp³-hybridized carbons (Fsp3) is 0.429. The van der Waals surface area contributed by atoms with Crippen LogP contribution in [-0.2, 0) is 13.0 Å². The second-order valence-electron chi connectivity index (χ2n) is 11.2. The molecule has 40 heavy (non-hydrogen) atoms.